The third-order valence-corrected chi connectivity index (χ3v) is 11.4. The van der Waals surface area contributed by atoms with Crippen molar-refractivity contribution in [2.75, 3.05) is 0 Å². The minimum Gasteiger partial charge on any atom is -0.309 e. The SMILES string of the molecule is c1ccc(-n2c3ccccc3c3cc(-c4nc(-c5ccc6c(c5)c5cc7ncsc7c7c8ccccc8n6c57)nc5ccccc45)ccc32)cc1. The first-order valence-electron chi connectivity index (χ1n) is 17.1. The summed E-state index contributed by atoms with van der Waals surface area (Å²) in [6, 6.07) is 52.0. The lowest BCUT2D eigenvalue weighted by Gasteiger charge is -2.11. The van der Waals surface area contributed by atoms with Gasteiger partial charge in [0.2, 0.25) is 0 Å². The standard InChI is InChI=1S/C45H25N5S/c1-2-10-28(11-3-1)49-37-16-8-5-12-29(37)32-22-26(18-20-39(32)49)42-30-13-4-7-15-35(30)47-45(48-42)27-19-21-40-33(23-27)34-24-36-44(51-25-46-36)41-31-14-6-9-17-38(31)50(40)43(34)41/h1-25H. The van der Waals surface area contributed by atoms with Crippen molar-refractivity contribution in [3.05, 3.63) is 151 Å². The largest absolute Gasteiger partial charge is 0.309 e. The van der Waals surface area contributed by atoms with Crippen molar-refractivity contribution < 1.29 is 0 Å². The van der Waals surface area contributed by atoms with Crippen molar-refractivity contribution in [3.8, 4) is 28.3 Å². The number of benzene rings is 7. The lowest BCUT2D eigenvalue weighted by Crippen LogP contribution is -1.96. The van der Waals surface area contributed by atoms with Crippen molar-refractivity contribution >= 4 is 92.4 Å². The fourth-order valence-corrected chi connectivity index (χ4v) is 9.25. The summed E-state index contributed by atoms with van der Waals surface area (Å²) in [5.74, 6) is 0.714. The van der Waals surface area contributed by atoms with Gasteiger partial charge in [-0.1, -0.05) is 78.9 Å². The van der Waals surface area contributed by atoms with Gasteiger partial charge in [-0.05, 0) is 66.7 Å². The molecule has 51 heavy (non-hydrogen) atoms. The van der Waals surface area contributed by atoms with E-state index in [1.54, 1.807) is 11.3 Å². The van der Waals surface area contributed by atoms with Crippen molar-refractivity contribution in [2.24, 2.45) is 0 Å². The van der Waals surface area contributed by atoms with Gasteiger partial charge in [0.15, 0.2) is 5.82 Å². The summed E-state index contributed by atoms with van der Waals surface area (Å²) in [4.78, 5) is 15.3. The highest BCUT2D eigenvalue weighted by Gasteiger charge is 2.22. The Morgan fingerprint density at radius 3 is 2.04 bits per heavy atom. The second-order valence-corrected chi connectivity index (χ2v) is 14.1. The third kappa shape index (κ3) is 3.66. The molecule has 7 aromatic carbocycles. The second-order valence-electron chi connectivity index (χ2n) is 13.3. The molecule has 0 bridgehead atoms. The Hall–Kier alpha value is -6.63. The summed E-state index contributed by atoms with van der Waals surface area (Å²) >= 11 is 1.72. The van der Waals surface area contributed by atoms with Crippen LogP contribution in [0.3, 0.4) is 0 Å². The molecule has 0 radical (unpaired) electrons. The normalized spacial score (nSPS) is 12.3. The molecule has 0 atom stereocenters. The van der Waals surface area contributed by atoms with E-state index in [4.69, 9.17) is 15.0 Å². The van der Waals surface area contributed by atoms with E-state index < -0.39 is 0 Å². The summed E-state index contributed by atoms with van der Waals surface area (Å²) in [6.45, 7) is 0. The van der Waals surface area contributed by atoms with Gasteiger partial charge in [-0.3, -0.25) is 0 Å². The average molecular weight is 668 g/mol. The van der Waals surface area contributed by atoms with Crippen molar-refractivity contribution in [3.63, 3.8) is 0 Å². The fourth-order valence-electron chi connectivity index (χ4n) is 8.42. The van der Waals surface area contributed by atoms with Crippen LogP contribution in [0.2, 0.25) is 0 Å². The number of aromatic nitrogens is 5. The fraction of sp³-hybridized carbons (Fsp3) is 0. The van der Waals surface area contributed by atoms with Crippen molar-refractivity contribution in [1.29, 1.82) is 0 Å². The van der Waals surface area contributed by atoms with Crippen LogP contribution in [0.1, 0.15) is 0 Å². The Labute approximate surface area is 294 Å². The Morgan fingerprint density at radius 1 is 0.471 bits per heavy atom. The van der Waals surface area contributed by atoms with Crippen LogP contribution in [-0.2, 0) is 0 Å². The van der Waals surface area contributed by atoms with Crippen LogP contribution in [0.25, 0.3) is 109 Å². The molecule has 0 aliphatic heterocycles. The molecular weight excluding hydrogens is 643 g/mol. The predicted molar refractivity (Wildman–Crippen MR) is 213 cm³/mol. The van der Waals surface area contributed by atoms with E-state index in [1.165, 1.54) is 64.6 Å². The predicted octanol–water partition coefficient (Wildman–Crippen LogP) is 11.8. The Balaban J connectivity index is 1.10. The quantitative estimate of drug-likeness (QED) is 0.188. The summed E-state index contributed by atoms with van der Waals surface area (Å²) in [5.41, 5.74) is 14.1. The number of fused-ring (bicyclic) bond motifs is 12. The molecule has 0 amide bonds. The maximum absolute atomic E-state index is 5.36. The summed E-state index contributed by atoms with van der Waals surface area (Å²) < 4.78 is 6.01. The molecule has 5 heterocycles. The van der Waals surface area contributed by atoms with Crippen LogP contribution in [0.15, 0.2) is 151 Å². The molecule has 0 saturated carbocycles. The number of para-hydroxylation sites is 4. The van der Waals surface area contributed by atoms with E-state index in [-0.39, 0.29) is 0 Å². The van der Waals surface area contributed by atoms with Gasteiger partial charge in [-0.15, -0.1) is 11.3 Å². The Kier molecular flexibility index (Phi) is 5.32. The topological polar surface area (TPSA) is 48.0 Å². The molecule has 5 nitrogen and oxygen atoms in total. The summed E-state index contributed by atoms with van der Waals surface area (Å²) in [6.07, 6.45) is 0. The zero-order chi connectivity index (χ0) is 33.2. The molecule has 0 saturated heterocycles. The summed E-state index contributed by atoms with van der Waals surface area (Å²) in [7, 11) is 0. The molecule has 0 aliphatic carbocycles. The van der Waals surface area contributed by atoms with Crippen LogP contribution in [0.5, 0.6) is 0 Å². The Morgan fingerprint density at radius 2 is 1.14 bits per heavy atom. The first kappa shape index (κ1) is 27.2. The van der Waals surface area contributed by atoms with Gasteiger partial charge >= 0.3 is 0 Å². The Bertz CT molecular complexity index is 3370. The van der Waals surface area contributed by atoms with Gasteiger partial charge < -0.3 is 8.97 Å². The first-order valence-corrected chi connectivity index (χ1v) is 18.0. The maximum atomic E-state index is 5.36. The van der Waals surface area contributed by atoms with Crippen molar-refractivity contribution in [2.45, 2.75) is 0 Å². The highest BCUT2D eigenvalue weighted by molar-refractivity contribution is 7.18. The molecule has 0 fully saturated rings. The van der Waals surface area contributed by atoms with Crippen LogP contribution in [0, 0.1) is 0 Å². The van der Waals surface area contributed by atoms with E-state index in [0.29, 0.717) is 5.82 Å². The maximum Gasteiger partial charge on any atom is 0.160 e. The number of hydrogen-bond donors (Lipinski definition) is 0. The van der Waals surface area contributed by atoms with Gasteiger partial charge in [-0.2, -0.15) is 0 Å². The van der Waals surface area contributed by atoms with Gasteiger partial charge in [0.05, 0.1) is 54.5 Å². The molecule has 0 aliphatic rings. The molecule has 0 N–H and O–H groups in total. The molecule has 5 aromatic heterocycles. The van der Waals surface area contributed by atoms with E-state index in [9.17, 15) is 0 Å². The molecule has 236 valence electrons. The van der Waals surface area contributed by atoms with Crippen molar-refractivity contribution in [1.82, 2.24) is 23.9 Å². The number of rotatable bonds is 3. The zero-order valence-corrected chi connectivity index (χ0v) is 27.9. The lowest BCUT2D eigenvalue weighted by atomic mass is 10.0. The number of thiazole rings is 1. The monoisotopic (exact) mass is 667 g/mol. The van der Waals surface area contributed by atoms with E-state index in [2.05, 4.69) is 155 Å². The minimum absolute atomic E-state index is 0.714. The molecule has 0 spiro atoms. The van der Waals surface area contributed by atoms with Crippen LogP contribution < -0.4 is 0 Å². The van der Waals surface area contributed by atoms with Gasteiger partial charge in [0, 0.05) is 54.5 Å². The highest BCUT2D eigenvalue weighted by atomic mass is 32.1. The first-order chi connectivity index (χ1) is 25.3. The molecule has 0 unspecified atom stereocenters. The highest BCUT2D eigenvalue weighted by Crippen LogP contribution is 2.45. The van der Waals surface area contributed by atoms with Crippen LogP contribution >= 0.6 is 11.3 Å². The smallest absolute Gasteiger partial charge is 0.160 e. The second kappa shape index (κ2) is 9.97. The lowest BCUT2D eigenvalue weighted by molar-refractivity contribution is 1.18. The minimum atomic E-state index is 0.714. The third-order valence-electron chi connectivity index (χ3n) is 10.6. The van der Waals surface area contributed by atoms with E-state index >= 15 is 0 Å². The molecule has 6 heteroatoms. The van der Waals surface area contributed by atoms with Gasteiger partial charge in [0.25, 0.3) is 0 Å². The van der Waals surface area contributed by atoms with E-state index in [0.717, 1.165) is 38.9 Å². The molecule has 12 aromatic rings. The molecular formula is C45H25N5S. The summed E-state index contributed by atoms with van der Waals surface area (Å²) in [5, 5.41) is 8.39. The van der Waals surface area contributed by atoms with Gasteiger partial charge in [-0.25, -0.2) is 15.0 Å². The number of nitrogens with zero attached hydrogens (tertiary/aromatic N) is 5. The average Bonchev–Trinajstić information content (AvgIpc) is 3.96. The zero-order valence-electron chi connectivity index (χ0n) is 27.1. The van der Waals surface area contributed by atoms with Crippen LogP contribution in [0.4, 0.5) is 0 Å². The van der Waals surface area contributed by atoms with E-state index in [1.807, 2.05) is 5.51 Å². The van der Waals surface area contributed by atoms with Crippen LogP contribution in [-0.4, -0.2) is 23.9 Å². The molecule has 12 rings (SSSR count). The van der Waals surface area contributed by atoms with Gasteiger partial charge in [0.1, 0.15) is 0 Å². The number of hydrogen-bond acceptors (Lipinski definition) is 4.